The molecule has 1 aromatic carbocycles. The van der Waals surface area contributed by atoms with Crippen LogP contribution in [-0.4, -0.2) is 58.9 Å². The molecule has 1 heterocycles. The van der Waals surface area contributed by atoms with Crippen molar-refractivity contribution >= 4 is 29.9 Å². The quantitative estimate of drug-likeness (QED) is 0.388. The van der Waals surface area contributed by atoms with Crippen molar-refractivity contribution in [1.82, 2.24) is 10.2 Å². The lowest BCUT2D eigenvalue weighted by Gasteiger charge is -2.24. The minimum atomic E-state index is 0. The van der Waals surface area contributed by atoms with E-state index in [1.54, 1.807) is 21.3 Å². The lowest BCUT2D eigenvalue weighted by molar-refractivity contribution is 0.366. The van der Waals surface area contributed by atoms with Crippen LogP contribution >= 0.6 is 24.0 Å². The van der Waals surface area contributed by atoms with E-state index in [0.29, 0.717) is 5.41 Å². The molecule has 1 aromatic rings. The number of halogens is 1. The van der Waals surface area contributed by atoms with Gasteiger partial charge in [-0.25, -0.2) is 0 Å². The van der Waals surface area contributed by atoms with E-state index in [4.69, 9.17) is 14.2 Å². The third kappa shape index (κ3) is 5.56. The summed E-state index contributed by atoms with van der Waals surface area (Å²) in [4.78, 5) is 6.75. The minimum absolute atomic E-state index is 0. The molecule has 1 aliphatic heterocycles. The molecule has 1 aliphatic rings. The first-order valence-electron chi connectivity index (χ1n) is 8.68. The topological polar surface area (TPSA) is 55.3 Å². The Morgan fingerprint density at radius 1 is 1.15 bits per heavy atom. The van der Waals surface area contributed by atoms with Crippen molar-refractivity contribution in [1.29, 1.82) is 0 Å². The van der Waals surface area contributed by atoms with E-state index in [1.807, 2.05) is 19.2 Å². The summed E-state index contributed by atoms with van der Waals surface area (Å²) in [5.41, 5.74) is 1.37. The van der Waals surface area contributed by atoms with E-state index in [1.165, 1.54) is 6.42 Å². The monoisotopic (exact) mass is 477 g/mol. The molecule has 1 fully saturated rings. The van der Waals surface area contributed by atoms with Gasteiger partial charge in [0.15, 0.2) is 5.96 Å². The second-order valence-electron chi connectivity index (χ2n) is 7.07. The molecule has 1 saturated heterocycles. The summed E-state index contributed by atoms with van der Waals surface area (Å²) in [5, 5.41) is 3.46. The second-order valence-corrected chi connectivity index (χ2v) is 7.07. The van der Waals surface area contributed by atoms with Crippen LogP contribution in [0.5, 0.6) is 17.2 Å². The maximum Gasteiger partial charge on any atom is 0.193 e. The van der Waals surface area contributed by atoms with Gasteiger partial charge in [0, 0.05) is 44.4 Å². The van der Waals surface area contributed by atoms with Gasteiger partial charge in [-0.3, -0.25) is 4.99 Å². The van der Waals surface area contributed by atoms with Crippen LogP contribution in [0.4, 0.5) is 0 Å². The Hall–Kier alpha value is -1.38. The number of rotatable bonds is 6. The molecule has 0 unspecified atom stereocenters. The van der Waals surface area contributed by atoms with Gasteiger partial charge in [-0.1, -0.05) is 13.8 Å². The highest BCUT2D eigenvalue weighted by Gasteiger charge is 2.30. The zero-order valence-electron chi connectivity index (χ0n) is 16.7. The number of hydrogen-bond donors (Lipinski definition) is 1. The molecular weight excluding hydrogens is 445 g/mol. The van der Waals surface area contributed by atoms with Crippen molar-refractivity contribution in [3.05, 3.63) is 17.7 Å². The lowest BCUT2D eigenvalue weighted by atomic mass is 9.93. The van der Waals surface area contributed by atoms with Crippen molar-refractivity contribution in [2.75, 3.05) is 48.0 Å². The molecular formula is C19H32IN3O3. The number of nitrogens with one attached hydrogen (secondary N) is 1. The summed E-state index contributed by atoms with van der Waals surface area (Å²) >= 11 is 0. The van der Waals surface area contributed by atoms with E-state index < -0.39 is 0 Å². The summed E-state index contributed by atoms with van der Waals surface area (Å²) in [6.07, 6.45) is 1.96. The van der Waals surface area contributed by atoms with Gasteiger partial charge in [-0.2, -0.15) is 0 Å². The summed E-state index contributed by atoms with van der Waals surface area (Å²) in [7, 11) is 6.80. The predicted octanol–water partition coefficient (Wildman–Crippen LogP) is 3.18. The van der Waals surface area contributed by atoms with Crippen LogP contribution in [0, 0.1) is 5.41 Å². The average Bonchev–Trinajstić information content (AvgIpc) is 2.97. The van der Waals surface area contributed by atoms with Crippen LogP contribution < -0.4 is 19.5 Å². The number of nitrogens with zero attached hydrogens (tertiary/aromatic N) is 2. The second kappa shape index (κ2) is 10.1. The predicted molar refractivity (Wildman–Crippen MR) is 117 cm³/mol. The molecule has 0 aliphatic carbocycles. The van der Waals surface area contributed by atoms with Crippen LogP contribution in [-0.2, 0) is 6.42 Å². The highest BCUT2D eigenvalue weighted by molar-refractivity contribution is 14.0. The highest BCUT2D eigenvalue weighted by atomic mass is 127. The van der Waals surface area contributed by atoms with E-state index >= 15 is 0 Å². The fourth-order valence-corrected chi connectivity index (χ4v) is 3.25. The van der Waals surface area contributed by atoms with E-state index in [9.17, 15) is 0 Å². The first-order chi connectivity index (χ1) is 11.9. The maximum atomic E-state index is 5.51. The first kappa shape index (κ1) is 22.7. The summed E-state index contributed by atoms with van der Waals surface area (Å²) in [5.74, 6) is 3.23. The van der Waals surface area contributed by atoms with Gasteiger partial charge in [0.2, 0.25) is 0 Å². The van der Waals surface area contributed by atoms with Gasteiger partial charge >= 0.3 is 0 Å². The number of ether oxygens (including phenoxy) is 3. The van der Waals surface area contributed by atoms with Crippen LogP contribution in [0.15, 0.2) is 17.1 Å². The average molecular weight is 477 g/mol. The smallest absolute Gasteiger partial charge is 0.193 e. The van der Waals surface area contributed by atoms with Gasteiger partial charge in [0.05, 0.1) is 21.3 Å². The Kier molecular flexibility index (Phi) is 8.79. The molecule has 0 bridgehead atoms. The number of aliphatic imine (C=N–C) groups is 1. The third-order valence-electron chi connectivity index (χ3n) is 4.66. The molecule has 26 heavy (non-hydrogen) atoms. The lowest BCUT2D eigenvalue weighted by Crippen LogP contribution is -2.41. The molecule has 1 N–H and O–H groups in total. The highest BCUT2D eigenvalue weighted by Crippen LogP contribution is 2.34. The van der Waals surface area contributed by atoms with E-state index in [0.717, 1.165) is 54.8 Å². The number of benzene rings is 1. The number of likely N-dealkylation sites (tertiary alicyclic amines) is 1. The fourth-order valence-electron chi connectivity index (χ4n) is 3.25. The normalized spacial score (nSPS) is 16.1. The molecule has 2 rings (SSSR count). The van der Waals surface area contributed by atoms with Crippen LogP contribution in [0.25, 0.3) is 0 Å². The molecule has 0 atom stereocenters. The number of methoxy groups -OCH3 is 3. The molecule has 0 aromatic heterocycles. The van der Waals surface area contributed by atoms with Crippen molar-refractivity contribution in [3.8, 4) is 17.2 Å². The number of hydrogen-bond acceptors (Lipinski definition) is 4. The van der Waals surface area contributed by atoms with Gasteiger partial charge in [0.1, 0.15) is 17.2 Å². The first-order valence-corrected chi connectivity index (χ1v) is 8.68. The Balaban J connectivity index is 0.00000338. The van der Waals surface area contributed by atoms with Gasteiger partial charge < -0.3 is 24.4 Å². The Morgan fingerprint density at radius 3 is 2.19 bits per heavy atom. The van der Waals surface area contributed by atoms with E-state index in [2.05, 4.69) is 29.1 Å². The summed E-state index contributed by atoms with van der Waals surface area (Å²) in [6.45, 7) is 7.42. The third-order valence-corrected chi connectivity index (χ3v) is 4.66. The standard InChI is InChI=1S/C19H31N3O3.HI/c1-19(2)8-10-22(13-19)18(20-3)21-9-7-15-16(24-5)11-14(23-4)12-17(15)25-6;/h11-12H,7-10,13H2,1-6H3,(H,20,21);1H. The van der Waals surface area contributed by atoms with Gasteiger partial charge in [0.25, 0.3) is 0 Å². The van der Waals surface area contributed by atoms with Crippen molar-refractivity contribution < 1.29 is 14.2 Å². The largest absolute Gasteiger partial charge is 0.496 e. The molecule has 148 valence electrons. The van der Waals surface area contributed by atoms with Crippen molar-refractivity contribution in [2.24, 2.45) is 10.4 Å². The zero-order valence-corrected chi connectivity index (χ0v) is 19.0. The molecule has 0 spiro atoms. The van der Waals surface area contributed by atoms with Gasteiger partial charge in [-0.15, -0.1) is 24.0 Å². The minimum Gasteiger partial charge on any atom is -0.496 e. The Morgan fingerprint density at radius 2 is 1.77 bits per heavy atom. The number of guanidine groups is 1. The fraction of sp³-hybridized carbons (Fsp3) is 0.632. The van der Waals surface area contributed by atoms with E-state index in [-0.39, 0.29) is 24.0 Å². The van der Waals surface area contributed by atoms with Crippen molar-refractivity contribution in [3.63, 3.8) is 0 Å². The van der Waals surface area contributed by atoms with Crippen molar-refractivity contribution in [2.45, 2.75) is 26.7 Å². The van der Waals surface area contributed by atoms with Crippen LogP contribution in [0.3, 0.4) is 0 Å². The maximum absolute atomic E-state index is 5.51. The summed E-state index contributed by atoms with van der Waals surface area (Å²) in [6, 6.07) is 3.77. The molecule has 6 nitrogen and oxygen atoms in total. The van der Waals surface area contributed by atoms with Crippen LogP contribution in [0.2, 0.25) is 0 Å². The van der Waals surface area contributed by atoms with Crippen LogP contribution in [0.1, 0.15) is 25.8 Å². The SMILES string of the molecule is CN=C(NCCc1c(OC)cc(OC)cc1OC)N1CCC(C)(C)C1.I. The zero-order chi connectivity index (χ0) is 18.4. The molecule has 0 saturated carbocycles. The Labute approximate surface area is 174 Å². The molecule has 7 heteroatoms. The molecule has 0 radical (unpaired) electrons. The Bertz CT molecular complexity index is 595. The molecule has 0 amide bonds. The van der Waals surface area contributed by atoms with Gasteiger partial charge in [-0.05, 0) is 18.3 Å². The summed E-state index contributed by atoms with van der Waals surface area (Å²) < 4.78 is 16.3.